The van der Waals surface area contributed by atoms with Gasteiger partial charge in [-0.3, -0.25) is 0 Å². The molecule has 3 nitrogen and oxygen atoms in total. The minimum atomic E-state index is -0.315. The number of halogens is 1. The van der Waals surface area contributed by atoms with E-state index >= 15 is 0 Å². The zero-order valence-electron chi connectivity index (χ0n) is 9.02. The zero-order valence-corrected chi connectivity index (χ0v) is 9.02. The molecule has 84 valence electrons. The van der Waals surface area contributed by atoms with Crippen LogP contribution in [0.5, 0.6) is 0 Å². The van der Waals surface area contributed by atoms with Crippen molar-refractivity contribution in [1.29, 1.82) is 5.26 Å². The highest BCUT2D eigenvalue weighted by Crippen LogP contribution is 2.17. The maximum absolute atomic E-state index is 12.7. The van der Waals surface area contributed by atoms with Crippen LogP contribution in [0.2, 0.25) is 0 Å². The molecule has 16 heavy (non-hydrogen) atoms. The molecule has 1 N–H and O–H groups in total. The molecule has 0 fully saturated rings. The lowest BCUT2D eigenvalue weighted by molar-refractivity contribution is 0.259. The number of aliphatic hydroxyl groups is 1. The Bertz CT molecular complexity index is 406. The topological polar surface area (TPSA) is 47.3 Å². The molecule has 0 spiro atoms. The molecule has 0 aliphatic heterocycles. The molecular formula is C12H13FN2O. The molecule has 0 aliphatic rings. The van der Waals surface area contributed by atoms with E-state index < -0.39 is 0 Å². The predicted molar refractivity (Wildman–Crippen MR) is 59.7 cm³/mol. The fourth-order valence-electron chi connectivity index (χ4n) is 1.37. The van der Waals surface area contributed by atoms with Crippen molar-refractivity contribution >= 4 is 5.70 Å². The van der Waals surface area contributed by atoms with Crippen molar-refractivity contribution in [1.82, 2.24) is 4.90 Å². The molecular weight excluding hydrogens is 207 g/mol. The molecule has 0 atom stereocenters. The van der Waals surface area contributed by atoms with E-state index in [1.54, 1.807) is 24.1 Å². The summed E-state index contributed by atoms with van der Waals surface area (Å²) in [6, 6.07) is 7.83. The molecule has 0 radical (unpaired) electrons. The number of nitriles is 1. The van der Waals surface area contributed by atoms with Gasteiger partial charge in [-0.05, 0) is 29.8 Å². The van der Waals surface area contributed by atoms with Crippen LogP contribution in [0, 0.1) is 17.1 Å². The maximum Gasteiger partial charge on any atom is 0.123 e. The molecule has 0 aliphatic carbocycles. The summed E-state index contributed by atoms with van der Waals surface area (Å²) in [7, 11) is 1.77. The van der Waals surface area contributed by atoms with E-state index in [0.717, 1.165) is 5.56 Å². The van der Waals surface area contributed by atoms with Crippen LogP contribution in [0.1, 0.15) is 5.56 Å². The van der Waals surface area contributed by atoms with E-state index in [1.165, 1.54) is 18.2 Å². The van der Waals surface area contributed by atoms with Gasteiger partial charge < -0.3 is 10.0 Å². The highest BCUT2D eigenvalue weighted by atomic mass is 19.1. The Morgan fingerprint density at radius 1 is 1.50 bits per heavy atom. The van der Waals surface area contributed by atoms with Crippen LogP contribution < -0.4 is 0 Å². The number of aliphatic hydroxyl groups excluding tert-OH is 1. The summed E-state index contributed by atoms with van der Waals surface area (Å²) in [5.41, 5.74) is 1.41. The fourth-order valence-corrected chi connectivity index (χ4v) is 1.37. The first kappa shape index (κ1) is 12.2. The van der Waals surface area contributed by atoms with Gasteiger partial charge in [-0.2, -0.15) is 5.26 Å². The smallest absolute Gasteiger partial charge is 0.123 e. The van der Waals surface area contributed by atoms with Gasteiger partial charge in [0.25, 0.3) is 0 Å². The maximum atomic E-state index is 12.7. The van der Waals surface area contributed by atoms with Crippen LogP contribution in [-0.2, 0) is 0 Å². The molecule has 0 heterocycles. The molecule has 0 saturated carbocycles. The van der Waals surface area contributed by atoms with Gasteiger partial charge in [0.05, 0.1) is 18.4 Å². The number of hydrogen-bond acceptors (Lipinski definition) is 3. The third kappa shape index (κ3) is 3.07. The first-order chi connectivity index (χ1) is 7.69. The SMILES string of the molecule is CN(CCO)/C(=C/C#N)c1ccc(F)cc1. The monoisotopic (exact) mass is 220 g/mol. The van der Waals surface area contributed by atoms with Crippen LogP contribution in [-0.4, -0.2) is 30.2 Å². The average Bonchev–Trinajstić information content (AvgIpc) is 2.28. The minimum Gasteiger partial charge on any atom is -0.395 e. The van der Waals surface area contributed by atoms with Crippen molar-refractivity contribution in [2.24, 2.45) is 0 Å². The van der Waals surface area contributed by atoms with E-state index in [2.05, 4.69) is 0 Å². The quantitative estimate of drug-likeness (QED) is 0.784. The molecule has 0 aromatic heterocycles. The normalized spacial score (nSPS) is 11.0. The minimum absolute atomic E-state index is 0.000460. The lowest BCUT2D eigenvalue weighted by Gasteiger charge is -2.21. The van der Waals surface area contributed by atoms with Crippen LogP contribution in [0.25, 0.3) is 5.70 Å². The van der Waals surface area contributed by atoms with Gasteiger partial charge in [-0.25, -0.2) is 4.39 Å². The molecule has 0 amide bonds. The van der Waals surface area contributed by atoms with Gasteiger partial charge in [-0.1, -0.05) is 0 Å². The van der Waals surface area contributed by atoms with Crippen molar-refractivity contribution in [2.75, 3.05) is 20.2 Å². The second kappa shape index (κ2) is 5.89. The highest BCUT2D eigenvalue weighted by molar-refractivity contribution is 5.65. The summed E-state index contributed by atoms with van der Waals surface area (Å²) < 4.78 is 12.7. The number of benzene rings is 1. The van der Waals surface area contributed by atoms with E-state index in [4.69, 9.17) is 10.4 Å². The number of nitrogens with zero attached hydrogens (tertiary/aromatic N) is 2. The number of rotatable bonds is 4. The lowest BCUT2D eigenvalue weighted by atomic mass is 10.1. The third-order valence-corrected chi connectivity index (χ3v) is 2.19. The Hall–Kier alpha value is -1.86. The van der Waals surface area contributed by atoms with Crippen LogP contribution in [0.3, 0.4) is 0 Å². The summed E-state index contributed by atoms with van der Waals surface area (Å²) in [5.74, 6) is -0.315. The van der Waals surface area contributed by atoms with E-state index in [1.807, 2.05) is 6.07 Å². The standard InChI is InChI=1S/C12H13FN2O/c1-15(8-9-16)12(6-7-14)10-2-4-11(13)5-3-10/h2-6,16H,8-9H2,1H3/b12-6+. The first-order valence-electron chi connectivity index (χ1n) is 4.86. The van der Waals surface area contributed by atoms with Crippen LogP contribution in [0.4, 0.5) is 4.39 Å². The molecule has 4 heteroatoms. The van der Waals surface area contributed by atoms with Crippen LogP contribution >= 0.6 is 0 Å². The molecule has 0 bridgehead atoms. The van der Waals surface area contributed by atoms with E-state index in [9.17, 15) is 4.39 Å². The van der Waals surface area contributed by atoms with Gasteiger partial charge >= 0.3 is 0 Å². The zero-order chi connectivity index (χ0) is 12.0. The number of allylic oxidation sites excluding steroid dienone is 1. The Morgan fingerprint density at radius 2 is 2.12 bits per heavy atom. The van der Waals surface area contributed by atoms with Gasteiger partial charge in [-0.15, -0.1) is 0 Å². The fraction of sp³-hybridized carbons (Fsp3) is 0.250. The van der Waals surface area contributed by atoms with E-state index in [0.29, 0.717) is 12.2 Å². The van der Waals surface area contributed by atoms with Gasteiger partial charge in [0, 0.05) is 19.7 Å². The summed E-state index contributed by atoms with van der Waals surface area (Å²) in [5, 5.41) is 17.5. The molecule has 1 aromatic rings. The van der Waals surface area contributed by atoms with Gasteiger partial charge in [0.1, 0.15) is 5.82 Å². The van der Waals surface area contributed by atoms with Gasteiger partial charge in [0.2, 0.25) is 0 Å². The second-order valence-electron chi connectivity index (χ2n) is 3.31. The highest BCUT2D eigenvalue weighted by Gasteiger charge is 2.06. The second-order valence-corrected chi connectivity index (χ2v) is 3.31. The summed E-state index contributed by atoms with van der Waals surface area (Å²) in [6.45, 7) is 0.422. The average molecular weight is 220 g/mol. The molecule has 0 unspecified atom stereocenters. The summed E-state index contributed by atoms with van der Waals surface area (Å²) in [6.07, 6.45) is 1.38. The third-order valence-electron chi connectivity index (χ3n) is 2.19. The number of hydrogen-bond donors (Lipinski definition) is 1. The summed E-state index contributed by atoms with van der Waals surface area (Å²) in [4.78, 5) is 1.75. The van der Waals surface area contributed by atoms with Crippen molar-refractivity contribution < 1.29 is 9.50 Å². The largest absolute Gasteiger partial charge is 0.395 e. The van der Waals surface area contributed by atoms with Crippen LogP contribution in [0.15, 0.2) is 30.3 Å². The molecule has 1 rings (SSSR count). The Labute approximate surface area is 94.0 Å². The predicted octanol–water partition coefficient (Wildman–Crippen LogP) is 1.61. The Kier molecular flexibility index (Phi) is 4.49. The van der Waals surface area contributed by atoms with Crippen molar-refractivity contribution in [2.45, 2.75) is 0 Å². The summed E-state index contributed by atoms with van der Waals surface area (Å²) >= 11 is 0. The van der Waals surface area contributed by atoms with E-state index in [-0.39, 0.29) is 12.4 Å². The number of likely N-dealkylation sites (N-methyl/N-ethyl adjacent to an activating group) is 1. The van der Waals surface area contributed by atoms with Crippen molar-refractivity contribution in [3.63, 3.8) is 0 Å². The van der Waals surface area contributed by atoms with Gasteiger partial charge in [0.15, 0.2) is 0 Å². The molecule has 0 saturated heterocycles. The first-order valence-corrected chi connectivity index (χ1v) is 4.86. The Morgan fingerprint density at radius 3 is 2.62 bits per heavy atom. The van der Waals surface area contributed by atoms with Crippen molar-refractivity contribution in [3.05, 3.63) is 41.7 Å². The lowest BCUT2D eigenvalue weighted by Crippen LogP contribution is -2.20. The Balaban J connectivity index is 3.00. The molecule has 1 aromatic carbocycles. The van der Waals surface area contributed by atoms with Crippen molar-refractivity contribution in [3.8, 4) is 6.07 Å².